The van der Waals surface area contributed by atoms with Gasteiger partial charge in [0.15, 0.2) is 6.29 Å². The number of rotatable bonds is 5. The molecule has 2 aromatic heterocycles. The van der Waals surface area contributed by atoms with Gasteiger partial charge in [-0.1, -0.05) is 0 Å². The SMILES string of the molecule is CCn1nc(C)c(Br)c1COc1ccc(C=O)nc1. The number of carbonyl (C=O) groups is 1. The van der Waals surface area contributed by atoms with Gasteiger partial charge < -0.3 is 4.74 Å². The van der Waals surface area contributed by atoms with Crippen LogP contribution in [-0.4, -0.2) is 21.1 Å². The molecule has 0 saturated heterocycles. The zero-order chi connectivity index (χ0) is 13.8. The standard InChI is InChI=1S/C13H14BrN3O2/c1-3-17-12(13(14)9(2)16-17)8-19-11-5-4-10(7-18)15-6-11/h4-7H,3,8H2,1-2H3. The molecule has 0 unspecified atom stereocenters. The number of ether oxygens (including phenoxy) is 1. The molecular formula is C13H14BrN3O2. The second-order valence-electron chi connectivity index (χ2n) is 3.99. The maximum Gasteiger partial charge on any atom is 0.168 e. The molecule has 0 amide bonds. The highest BCUT2D eigenvalue weighted by atomic mass is 79.9. The normalized spacial score (nSPS) is 10.5. The molecule has 0 atom stereocenters. The fraction of sp³-hybridized carbons (Fsp3) is 0.308. The smallest absolute Gasteiger partial charge is 0.168 e. The molecule has 0 fully saturated rings. The van der Waals surface area contributed by atoms with Crippen molar-refractivity contribution in [2.24, 2.45) is 0 Å². The number of hydrogen-bond donors (Lipinski definition) is 0. The molecule has 2 heterocycles. The molecule has 6 heteroatoms. The van der Waals surface area contributed by atoms with Crippen molar-refractivity contribution >= 4 is 22.2 Å². The van der Waals surface area contributed by atoms with Crippen molar-refractivity contribution in [2.75, 3.05) is 0 Å². The van der Waals surface area contributed by atoms with Gasteiger partial charge in [0, 0.05) is 6.54 Å². The first-order valence-electron chi connectivity index (χ1n) is 5.91. The molecular weight excluding hydrogens is 310 g/mol. The van der Waals surface area contributed by atoms with Gasteiger partial charge in [-0.2, -0.15) is 5.10 Å². The Morgan fingerprint density at radius 3 is 2.84 bits per heavy atom. The first-order chi connectivity index (χ1) is 9.15. The van der Waals surface area contributed by atoms with Crippen LogP contribution in [0.1, 0.15) is 28.8 Å². The summed E-state index contributed by atoms with van der Waals surface area (Å²) in [5.74, 6) is 0.624. The lowest BCUT2D eigenvalue weighted by atomic mass is 10.3. The Kier molecular flexibility index (Phi) is 4.31. The number of aromatic nitrogens is 3. The molecule has 0 aliphatic carbocycles. The number of aryl methyl sites for hydroxylation is 2. The third-order valence-corrected chi connectivity index (χ3v) is 3.74. The van der Waals surface area contributed by atoms with Gasteiger partial charge >= 0.3 is 0 Å². The van der Waals surface area contributed by atoms with Gasteiger partial charge in [-0.25, -0.2) is 4.98 Å². The van der Waals surface area contributed by atoms with Crippen LogP contribution in [0.4, 0.5) is 0 Å². The Morgan fingerprint density at radius 1 is 1.47 bits per heavy atom. The Morgan fingerprint density at radius 2 is 2.26 bits per heavy atom. The van der Waals surface area contributed by atoms with E-state index in [1.807, 2.05) is 18.5 Å². The molecule has 0 spiro atoms. The van der Waals surface area contributed by atoms with E-state index in [1.165, 1.54) is 6.20 Å². The van der Waals surface area contributed by atoms with Gasteiger partial charge in [0.1, 0.15) is 18.1 Å². The third-order valence-electron chi connectivity index (χ3n) is 2.71. The fourth-order valence-corrected chi connectivity index (χ4v) is 2.10. The summed E-state index contributed by atoms with van der Waals surface area (Å²) in [7, 11) is 0. The predicted octanol–water partition coefficient (Wildman–Crippen LogP) is 2.76. The maximum atomic E-state index is 10.5. The highest BCUT2D eigenvalue weighted by molar-refractivity contribution is 9.10. The number of aldehydes is 1. The molecule has 2 rings (SSSR count). The first-order valence-corrected chi connectivity index (χ1v) is 6.70. The lowest BCUT2D eigenvalue weighted by Crippen LogP contribution is -2.06. The molecule has 0 aliphatic rings. The molecule has 19 heavy (non-hydrogen) atoms. The second kappa shape index (κ2) is 5.97. The summed E-state index contributed by atoms with van der Waals surface area (Å²) in [4.78, 5) is 14.5. The largest absolute Gasteiger partial charge is 0.486 e. The molecule has 2 aromatic rings. The number of halogens is 1. The number of hydrogen-bond acceptors (Lipinski definition) is 4. The van der Waals surface area contributed by atoms with E-state index in [2.05, 4.69) is 26.0 Å². The minimum absolute atomic E-state index is 0.392. The van der Waals surface area contributed by atoms with Gasteiger partial charge in [-0.05, 0) is 41.9 Å². The van der Waals surface area contributed by atoms with Crippen LogP contribution in [0, 0.1) is 6.92 Å². The molecule has 0 radical (unpaired) electrons. The van der Waals surface area contributed by atoms with Crippen molar-refractivity contribution in [2.45, 2.75) is 27.0 Å². The van der Waals surface area contributed by atoms with Crippen LogP contribution in [0.25, 0.3) is 0 Å². The molecule has 0 saturated carbocycles. The lowest BCUT2D eigenvalue weighted by Gasteiger charge is -2.08. The highest BCUT2D eigenvalue weighted by Crippen LogP contribution is 2.22. The zero-order valence-electron chi connectivity index (χ0n) is 10.8. The van der Waals surface area contributed by atoms with Gasteiger partial charge in [0.2, 0.25) is 0 Å². The van der Waals surface area contributed by atoms with E-state index in [4.69, 9.17) is 4.74 Å². The van der Waals surface area contributed by atoms with Crippen molar-refractivity contribution in [3.63, 3.8) is 0 Å². The summed E-state index contributed by atoms with van der Waals surface area (Å²) in [6.07, 6.45) is 2.24. The Labute approximate surface area is 119 Å². The van der Waals surface area contributed by atoms with Gasteiger partial charge in [-0.15, -0.1) is 0 Å². The molecule has 5 nitrogen and oxygen atoms in total. The highest BCUT2D eigenvalue weighted by Gasteiger charge is 2.12. The minimum Gasteiger partial charge on any atom is -0.486 e. The summed E-state index contributed by atoms with van der Waals surface area (Å²) in [5, 5.41) is 4.40. The topological polar surface area (TPSA) is 57.0 Å². The lowest BCUT2D eigenvalue weighted by molar-refractivity contribution is 0.111. The van der Waals surface area contributed by atoms with Gasteiger partial charge in [-0.3, -0.25) is 9.48 Å². The van der Waals surface area contributed by atoms with E-state index in [0.717, 1.165) is 22.4 Å². The van der Waals surface area contributed by atoms with Gasteiger partial charge in [0.05, 0.1) is 22.1 Å². The fourth-order valence-electron chi connectivity index (χ4n) is 1.71. The molecule has 100 valence electrons. The van der Waals surface area contributed by atoms with Crippen LogP contribution in [0.15, 0.2) is 22.8 Å². The van der Waals surface area contributed by atoms with Crippen LogP contribution in [0.2, 0.25) is 0 Å². The third kappa shape index (κ3) is 3.01. The van der Waals surface area contributed by atoms with Crippen LogP contribution in [0.5, 0.6) is 5.75 Å². The Bertz CT molecular complexity index is 578. The van der Waals surface area contributed by atoms with Crippen LogP contribution in [0.3, 0.4) is 0 Å². The quantitative estimate of drug-likeness (QED) is 0.794. The second-order valence-corrected chi connectivity index (χ2v) is 4.78. The average molecular weight is 324 g/mol. The number of pyridine rings is 1. The summed E-state index contributed by atoms with van der Waals surface area (Å²) < 4.78 is 8.52. The van der Waals surface area contributed by atoms with E-state index < -0.39 is 0 Å². The first kappa shape index (κ1) is 13.7. The summed E-state index contributed by atoms with van der Waals surface area (Å²) in [5.41, 5.74) is 2.32. The van der Waals surface area contributed by atoms with E-state index >= 15 is 0 Å². The summed E-state index contributed by atoms with van der Waals surface area (Å²) in [6.45, 7) is 5.16. The maximum absolute atomic E-state index is 10.5. The summed E-state index contributed by atoms with van der Waals surface area (Å²) >= 11 is 3.51. The van der Waals surface area contributed by atoms with Crippen LogP contribution in [-0.2, 0) is 13.2 Å². The minimum atomic E-state index is 0.392. The van der Waals surface area contributed by atoms with E-state index in [0.29, 0.717) is 24.3 Å². The summed E-state index contributed by atoms with van der Waals surface area (Å²) in [6, 6.07) is 3.35. The van der Waals surface area contributed by atoms with Gasteiger partial charge in [0.25, 0.3) is 0 Å². The van der Waals surface area contributed by atoms with Crippen molar-refractivity contribution in [3.8, 4) is 5.75 Å². The zero-order valence-corrected chi connectivity index (χ0v) is 12.3. The average Bonchev–Trinajstić information content (AvgIpc) is 2.72. The Hall–Kier alpha value is -1.69. The van der Waals surface area contributed by atoms with Crippen molar-refractivity contribution in [1.29, 1.82) is 0 Å². The van der Waals surface area contributed by atoms with E-state index in [1.54, 1.807) is 12.1 Å². The monoisotopic (exact) mass is 323 g/mol. The molecule has 0 aliphatic heterocycles. The van der Waals surface area contributed by atoms with Crippen LogP contribution < -0.4 is 4.74 Å². The number of carbonyl (C=O) groups excluding carboxylic acids is 1. The predicted molar refractivity (Wildman–Crippen MR) is 74.3 cm³/mol. The molecule has 0 aromatic carbocycles. The Balaban J connectivity index is 2.11. The van der Waals surface area contributed by atoms with E-state index in [9.17, 15) is 4.79 Å². The molecule has 0 bridgehead atoms. The van der Waals surface area contributed by atoms with Crippen molar-refractivity contribution in [3.05, 3.63) is 39.9 Å². The molecule has 0 N–H and O–H groups in total. The van der Waals surface area contributed by atoms with Crippen LogP contribution >= 0.6 is 15.9 Å². The number of nitrogens with zero attached hydrogens (tertiary/aromatic N) is 3. The van der Waals surface area contributed by atoms with Crippen molar-refractivity contribution < 1.29 is 9.53 Å². The van der Waals surface area contributed by atoms with E-state index in [-0.39, 0.29) is 0 Å². The van der Waals surface area contributed by atoms with Crippen molar-refractivity contribution in [1.82, 2.24) is 14.8 Å².